The lowest BCUT2D eigenvalue weighted by Gasteiger charge is -2.34. The average Bonchev–Trinajstić information content (AvgIpc) is 2.74. The Kier molecular flexibility index (Phi) is 8.61. The van der Waals surface area contributed by atoms with Crippen LogP contribution in [0.2, 0.25) is 0 Å². The molecule has 1 aliphatic carbocycles. The molecule has 1 heterocycles. The van der Waals surface area contributed by atoms with Gasteiger partial charge in [-0.2, -0.15) is 0 Å². The third-order valence-corrected chi connectivity index (χ3v) is 6.88. The van der Waals surface area contributed by atoms with Crippen LogP contribution in [0.4, 0.5) is 0 Å². The topological polar surface area (TPSA) is 18.5 Å². The van der Waals surface area contributed by atoms with Gasteiger partial charge in [-0.3, -0.25) is 0 Å². The maximum absolute atomic E-state index is 5.99. The summed E-state index contributed by atoms with van der Waals surface area (Å²) in [4.78, 5) is 0. The predicted octanol–water partition coefficient (Wildman–Crippen LogP) is 7.41. The molecular formula is C26H40O2. The van der Waals surface area contributed by atoms with E-state index in [4.69, 9.17) is 9.47 Å². The third kappa shape index (κ3) is 5.70. The van der Waals surface area contributed by atoms with Gasteiger partial charge >= 0.3 is 0 Å². The molecule has 1 unspecified atom stereocenters. The summed E-state index contributed by atoms with van der Waals surface area (Å²) in [6.07, 6.45) is 13.7. The zero-order chi connectivity index (χ0) is 19.8. The first-order valence-electron chi connectivity index (χ1n) is 11.7. The second-order valence-corrected chi connectivity index (χ2v) is 9.02. The van der Waals surface area contributed by atoms with Gasteiger partial charge in [-0.1, -0.05) is 76.3 Å². The van der Waals surface area contributed by atoms with Gasteiger partial charge in [-0.05, 0) is 49.0 Å². The molecule has 3 rings (SSSR count). The van der Waals surface area contributed by atoms with Crippen molar-refractivity contribution in [1.82, 2.24) is 0 Å². The summed E-state index contributed by atoms with van der Waals surface area (Å²) >= 11 is 0. The van der Waals surface area contributed by atoms with Crippen LogP contribution in [-0.2, 0) is 9.47 Å². The molecule has 1 aromatic carbocycles. The number of allylic oxidation sites excluding steroid dienone is 1. The summed E-state index contributed by atoms with van der Waals surface area (Å²) in [6, 6.07) is 9.07. The van der Waals surface area contributed by atoms with E-state index in [0.717, 1.165) is 37.0 Å². The van der Waals surface area contributed by atoms with E-state index in [1.165, 1.54) is 56.9 Å². The summed E-state index contributed by atoms with van der Waals surface area (Å²) in [6.45, 7) is 10.2. The number of hydrogen-bond acceptors (Lipinski definition) is 2. The number of hydrogen-bond donors (Lipinski definition) is 0. The van der Waals surface area contributed by atoms with E-state index in [2.05, 4.69) is 50.8 Å². The van der Waals surface area contributed by atoms with Crippen LogP contribution < -0.4 is 0 Å². The van der Waals surface area contributed by atoms with E-state index in [-0.39, 0.29) is 6.29 Å². The van der Waals surface area contributed by atoms with Crippen LogP contribution in [0.25, 0.3) is 0 Å². The normalized spacial score (nSPS) is 29.4. The number of ether oxygens (including phenoxy) is 2. The molecule has 1 saturated heterocycles. The van der Waals surface area contributed by atoms with Gasteiger partial charge in [0.05, 0.1) is 13.2 Å². The van der Waals surface area contributed by atoms with Crippen molar-refractivity contribution in [2.45, 2.75) is 83.8 Å². The van der Waals surface area contributed by atoms with Crippen molar-refractivity contribution in [2.75, 3.05) is 13.2 Å². The van der Waals surface area contributed by atoms with Crippen LogP contribution in [0.5, 0.6) is 0 Å². The van der Waals surface area contributed by atoms with Crippen molar-refractivity contribution in [1.29, 1.82) is 0 Å². The molecule has 0 N–H and O–H groups in total. The molecule has 1 aromatic rings. The Hall–Kier alpha value is -1.12. The van der Waals surface area contributed by atoms with Crippen LogP contribution in [0, 0.1) is 17.8 Å². The van der Waals surface area contributed by atoms with Crippen molar-refractivity contribution in [3.05, 3.63) is 48.0 Å². The van der Waals surface area contributed by atoms with Gasteiger partial charge in [-0.15, -0.1) is 6.58 Å². The van der Waals surface area contributed by atoms with Gasteiger partial charge in [0.1, 0.15) is 0 Å². The molecule has 28 heavy (non-hydrogen) atoms. The molecule has 156 valence electrons. The molecule has 1 atom stereocenters. The maximum atomic E-state index is 5.99. The van der Waals surface area contributed by atoms with E-state index in [9.17, 15) is 0 Å². The molecule has 2 heteroatoms. The first-order valence-corrected chi connectivity index (χ1v) is 11.7. The average molecular weight is 385 g/mol. The summed E-state index contributed by atoms with van der Waals surface area (Å²) in [7, 11) is 0. The highest BCUT2D eigenvalue weighted by atomic mass is 16.7. The Balaban J connectivity index is 1.59. The summed E-state index contributed by atoms with van der Waals surface area (Å²) in [5, 5.41) is 0. The van der Waals surface area contributed by atoms with E-state index in [1.54, 1.807) is 0 Å². The largest absolute Gasteiger partial charge is 0.348 e. The molecule has 2 nitrogen and oxygen atoms in total. The fourth-order valence-corrected chi connectivity index (χ4v) is 5.28. The monoisotopic (exact) mass is 384 g/mol. The second kappa shape index (κ2) is 11.2. The third-order valence-electron chi connectivity index (χ3n) is 6.88. The summed E-state index contributed by atoms with van der Waals surface area (Å²) in [5.74, 6) is 2.93. The van der Waals surface area contributed by atoms with Crippen LogP contribution in [0.3, 0.4) is 0 Å². The van der Waals surface area contributed by atoms with Crippen molar-refractivity contribution in [3.63, 3.8) is 0 Å². The second-order valence-electron chi connectivity index (χ2n) is 9.02. The van der Waals surface area contributed by atoms with Crippen LogP contribution in [-0.4, -0.2) is 13.2 Å². The number of rotatable bonds is 9. The van der Waals surface area contributed by atoms with E-state index in [1.807, 2.05) is 0 Å². The molecule has 2 aliphatic rings. The summed E-state index contributed by atoms with van der Waals surface area (Å²) in [5.41, 5.74) is 2.62. The predicted molar refractivity (Wildman–Crippen MR) is 117 cm³/mol. The highest BCUT2D eigenvalue weighted by Gasteiger charge is 2.28. The smallest absolute Gasteiger partial charge is 0.183 e. The van der Waals surface area contributed by atoms with E-state index < -0.39 is 0 Å². The molecule has 0 spiro atoms. The minimum Gasteiger partial charge on any atom is -0.348 e. The quantitative estimate of drug-likeness (QED) is 0.412. The Morgan fingerprint density at radius 1 is 0.929 bits per heavy atom. The van der Waals surface area contributed by atoms with Gasteiger partial charge in [0.2, 0.25) is 0 Å². The van der Waals surface area contributed by atoms with Gasteiger partial charge in [-0.25, -0.2) is 0 Å². The van der Waals surface area contributed by atoms with E-state index in [0.29, 0.717) is 11.8 Å². The molecule has 1 saturated carbocycles. The highest BCUT2D eigenvalue weighted by molar-refractivity contribution is 5.27. The Bertz CT molecular complexity index is 563. The summed E-state index contributed by atoms with van der Waals surface area (Å²) < 4.78 is 12.0. The molecule has 2 fully saturated rings. The Morgan fingerprint density at radius 3 is 2.11 bits per heavy atom. The fraction of sp³-hybridized carbons (Fsp3) is 0.692. The molecule has 1 aliphatic heterocycles. The molecule has 0 amide bonds. The molecular weight excluding hydrogens is 344 g/mol. The maximum Gasteiger partial charge on any atom is 0.183 e. The molecule has 0 aromatic heterocycles. The van der Waals surface area contributed by atoms with Gasteiger partial charge < -0.3 is 9.47 Å². The lowest BCUT2D eigenvalue weighted by Crippen LogP contribution is -2.27. The fourth-order valence-electron chi connectivity index (χ4n) is 5.28. The molecule has 0 bridgehead atoms. The lowest BCUT2D eigenvalue weighted by molar-refractivity contribution is -0.206. The highest BCUT2D eigenvalue weighted by Crippen LogP contribution is 2.41. The van der Waals surface area contributed by atoms with Gasteiger partial charge in [0.15, 0.2) is 6.29 Å². The van der Waals surface area contributed by atoms with E-state index >= 15 is 0 Å². The van der Waals surface area contributed by atoms with Crippen LogP contribution in [0.15, 0.2) is 36.9 Å². The first kappa shape index (κ1) is 21.6. The lowest BCUT2D eigenvalue weighted by atomic mass is 9.71. The van der Waals surface area contributed by atoms with Crippen molar-refractivity contribution in [3.8, 4) is 0 Å². The Morgan fingerprint density at radius 2 is 1.54 bits per heavy atom. The van der Waals surface area contributed by atoms with Crippen molar-refractivity contribution >= 4 is 0 Å². The Labute approximate surface area is 172 Å². The zero-order valence-corrected chi connectivity index (χ0v) is 18.1. The number of benzene rings is 1. The van der Waals surface area contributed by atoms with Crippen LogP contribution >= 0.6 is 0 Å². The molecule has 0 radical (unpaired) electrons. The van der Waals surface area contributed by atoms with Crippen molar-refractivity contribution in [2.24, 2.45) is 17.8 Å². The minimum absolute atomic E-state index is 0.190. The minimum atomic E-state index is -0.190. The first-order chi connectivity index (χ1) is 13.7. The van der Waals surface area contributed by atoms with Gasteiger partial charge in [0.25, 0.3) is 0 Å². The van der Waals surface area contributed by atoms with Crippen molar-refractivity contribution < 1.29 is 9.47 Å². The standard InChI is InChI=1S/C26H40O2/c1-4-7-20-10-12-22(13-11-20)25(9-6-3)23-14-16-24(17-15-23)26-27-18-21(8-5-2)19-28-26/h6,14-17,20-22,25-26H,3-5,7-13,18-19H2,1-2H3/t20-,21-,22-,25?,26-. The zero-order valence-electron chi connectivity index (χ0n) is 18.1. The SMILES string of the molecule is C=CCC(c1ccc([C@H]2OC[C@H](CCC)CO2)cc1)[C@H]1CC[C@H](CCC)CC1. The van der Waals surface area contributed by atoms with Gasteiger partial charge in [0, 0.05) is 11.5 Å². The van der Waals surface area contributed by atoms with Crippen LogP contribution in [0.1, 0.15) is 95.0 Å².